The van der Waals surface area contributed by atoms with Crippen LogP contribution in [0.15, 0.2) is 29.1 Å². The molecule has 0 atom stereocenters. The summed E-state index contributed by atoms with van der Waals surface area (Å²) in [6.07, 6.45) is 1.09. The second-order valence-corrected chi connectivity index (χ2v) is 8.94. The van der Waals surface area contributed by atoms with Gasteiger partial charge in [-0.25, -0.2) is 9.31 Å². The summed E-state index contributed by atoms with van der Waals surface area (Å²) in [7, 11) is 0. The fraction of sp³-hybridized carbons (Fsp3) is 0.455. The maximum absolute atomic E-state index is 12.5. The molecule has 1 saturated heterocycles. The number of aromatic nitrogens is 3. The molecule has 1 aliphatic rings. The number of likely N-dealkylation sites (tertiary alicyclic amines) is 1. The Labute approximate surface area is 179 Å². The number of nitrogens with zero attached hydrogens (tertiary/aromatic N) is 3. The van der Waals surface area contributed by atoms with Gasteiger partial charge in [-0.05, 0) is 45.7 Å². The quantitative estimate of drug-likeness (QED) is 0.655. The van der Waals surface area contributed by atoms with Crippen LogP contribution in [0.3, 0.4) is 0 Å². The first kappa shape index (κ1) is 20.9. The van der Waals surface area contributed by atoms with Crippen LogP contribution in [0, 0.1) is 0 Å². The number of fused-ring (bicyclic) bond motifs is 3. The standard InChI is InChI=1S/C22H27N5O4/c1-13(28)23-15-6-5-7-16-19(15)20-24-18(29)12-17(27(20)25-16)14-8-10-26(11-9-14)21(30)31-22(2,3)4/h5-7,12,14H,8-11H2,1-4H3,(H,23,28)(H,24,29). The molecule has 0 bridgehead atoms. The van der Waals surface area contributed by atoms with Crippen molar-refractivity contribution in [3.8, 4) is 0 Å². The van der Waals surface area contributed by atoms with E-state index in [9.17, 15) is 14.4 Å². The summed E-state index contributed by atoms with van der Waals surface area (Å²) in [5.41, 5.74) is 1.88. The highest BCUT2D eigenvalue weighted by molar-refractivity contribution is 6.06. The van der Waals surface area contributed by atoms with Gasteiger partial charge in [0.1, 0.15) is 11.2 Å². The Morgan fingerprint density at radius 3 is 2.58 bits per heavy atom. The van der Waals surface area contributed by atoms with Crippen molar-refractivity contribution in [3.05, 3.63) is 40.3 Å². The molecule has 2 amide bonds. The van der Waals surface area contributed by atoms with Gasteiger partial charge in [-0.3, -0.25) is 9.59 Å². The predicted molar refractivity (Wildman–Crippen MR) is 117 cm³/mol. The van der Waals surface area contributed by atoms with E-state index in [2.05, 4.69) is 10.3 Å². The van der Waals surface area contributed by atoms with Gasteiger partial charge in [-0.15, -0.1) is 0 Å². The molecule has 1 aromatic carbocycles. The lowest BCUT2D eigenvalue weighted by atomic mass is 9.93. The highest BCUT2D eigenvalue weighted by atomic mass is 16.6. The van der Waals surface area contributed by atoms with Crippen molar-refractivity contribution in [3.63, 3.8) is 0 Å². The Kier molecular flexibility index (Phi) is 5.20. The van der Waals surface area contributed by atoms with Crippen molar-refractivity contribution >= 4 is 34.2 Å². The van der Waals surface area contributed by atoms with E-state index in [4.69, 9.17) is 9.84 Å². The Hall–Kier alpha value is -3.36. The van der Waals surface area contributed by atoms with Gasteiger partial charge in [0.2, 0.25) is 5.91 Å². The molecule has 9 heteroatoms. The first-order chi connectivity index (χ1) is 14.6. The summed E-state index contributed by atoms with van der Waals surface area (Å²) in [4.78, 5) is 41.0. The molecule has 3 aromatic rings. The lowest BCUT2D eigenvalue weighted by molar-refractivity contribution is -0.114. The normalized spacial score (nSPS) is 15.4. The van der Waals surface area contributed by atoms with E-state index < -0.39 is 5.60 Å². The van der Waals surface area contributed by atoms with E-state index in [1.165, 1.54) is 6.92 Å². The van der Waals surface area contributed by atoms with Gasteiger partial charge in [0.25, 0.3) is 5.56 Å². The van der Waals surface area contributed by atoms with Crippen molar-refractivity contribution in [2.45, 2.75) is 52.1 Å². The lowest BCUT2D eigenvalue weighted by Crippen LogP contribution is -2.41. The molecular formula is C22H27N5O4. The first-order valence-corrected chi connectivity index (χ1v) is 10.4. The lowest BCUT2D eigenvalue weighted by Gasteiger charge is -2.33. The first-order valence-electron chi connectivity index (χ1n) is 10.4. The molecule has 0 spiro atoms. The third-order valence-corrected chi connectivity index (χ3v) is 5.34. The summed E-state index contributed by atoms with van der Waals surface area (Å²) in [6, 6.07) is 7.03. The number of hydrogen-bond acceptors (Lipinski definition) is 5. The highest BCUT2D eigenvalue weighted by Gasteiger charge is 2.29. The average molecular weight is 425 g/mol. The van der Waals surface area contributed by atoms with E-state index in [0.29, 0.717) is 48.2 Å². The maximum atomic E-state index is 12.5. The molecule has 0 aliphatic carbocycles. The largest absolute Gasteiger partial charge is 0.444 e. The van der Waals surface area contributed by atoms with Crippen LogP contribution in [-0.2, 0) is 9.53 Å². The molecule has 0 saturated carbocycles. The van der Waals surface area contributed by atoms with Gasteiger partial charge < -0.3 is 19.9 Å². The minimum Gasteiger partial charge on any atom is -0.444 e. The Morgan fingerprint density at radius 1 is 1.23 bits per heavy atom. The molecule has 4 rings (SSSR count). The monoisotopic (exact) mass is 425 g/mol. The average Bonchev–Trinajstić information content (AvgIpc) is 3.05. The number of aromatic amines is 1. The minimum absolute atomic E-state index is 0.0713. The topological polar surface area (TPSA) is 109 Å². The zero-order valence-electron chi connectivity index (χ0n) is 18.2. The van der Waals surface area contributed by atoms with E-state index in [1.807, 2.05) is 32.9 Å². The molecule has 2 N–H and O–H groups in total. The van der Waals surface area contributed by atoms with Gasteiger partial charge >= 0.3 is 6.09 Å². The molecule has 1 aliphatic heterocycles. The summed E-state index contributed by atoms with van der Waals surface area (Å²) < 4.78 is 7.23. The zero-order valence-corrected chi connectivity index (χ0v) is 18.2. The van der Waals surface area contributed by atoms with Crippen LogP contribution >= 0.6 is 0 Å². The number of nitrogens with one attached hydrogen (secondary N) is 2. The number of amides is 2. The van der Waals surface area contributed by atoms with Crippen LogP contribution in [0.2, 0.25) is 0 Å². The van der Waals surface area contributed by atoms with Crippen LogP contribution in [0.25, 0.3) is 16.6 Å². The number of hydrogen-bond donors (Lipinski definition) is 2. The van der Waals surface area contributed by atoms with Crippen molar-refractivity contribution in [2.24, 2.45) is 0 Å². The van der Waals surface area contributed by atoms with E-state index in [1.54, 1.807) is 21.5 Å². The van der Waals surface area contributed by atoms with Gasteiger partial charge in [0.15, 0.2) is 0 Å². The summed E-state index contributed by atoms with van der Waals surface area (Å²) in [6.45, 7) is 8.08. The molecule has 1 fully saturated rings. The molecule has 164 valence electrons. The zero-order chi connectivity index (χ0) is 22.3. The SMILES string of the molecule is CC(=O)Nc1cccc2nn3c(C4CCN(C(=O)OC(C)(C)C)CC4)cc(=O)[nH]c3c12. The number of H-pyrrole nitrogens is 1. The third-order valence-electron chi connectivity index (χ3n) is 5.34. The molecule has 31 heavy (non-hydrogen) atoms. The summed E-state index contributed by atoms with van der Waals surface area (Å²) in [5, 5.41) is 8.20. The third kappa shape index (κ3) is 4.26. The second kappa shape index (κ2) is 7.72. The number of carbonyl (C=O) groups is 2. The smallest absolute Gasteiger partial charge is 0.410 e. The number of rotatable bonds is 2. The van der Waals surface area contributed by atoms with Crippen LogP contribution < -0.4 is 10.9 Å². The van der Waals surface area contributed by atoms with Crippen LogP contribution in [0.1, 0.15) is 52.1 Å². The fourth-order valence-corrected chi connectivity index (χ4v) is 4.06. The van der Waals surface area contributed by atoms with Gasteiger partial charge in [-0.2, -0.15) is 5.10 Å². The minimum atomic E-state index is -0.534. The number of carbonyl (C=O) groups excluding carboxylic acids is 2. The van der Waals surface area contributed by atoms with Gasteiger partial charge in [0, 0.05) is 32.0 Å². The van der Waals surface area contributed by atoms with Crippen LogP contribution in [0.5, 0.6) is 0 Å². The van der Waals surface area contributed by atoms with Gasteiger partial charge in [0.05, 0.1) is 22.3 Å². The predicted octanol–water partition coefficient (Wildman–Crippen LogP) is 3.25. The van der Waals surface area contributed by atoms with Crippen LogP contribution in [-0.4, -0.2) is 50.2 Å². The highest BCUT2D eigenvalue weighted by Crippen LogP contribution is 2.32. The van der Waals surface area contributed by atoms with E-state index >= 15 is 0 Å². The van der Waals surface area contributed by atoms with Crippen molar-refractivity contribution in [2.75, 3.05) is 18.4 Å². The Morgan fingerprint density at radius 2 is 1.94 bits per heavy atom. The van der Waals surface area contributed by atoms with Crippen LogP contribution in [0.4, 0.5) is 10.5 Å². The number of anilines is 1. The van der Waals surface area contributed by atoms with E-state index in [-0.39, 0.29) is 23.5 Å². The van der Waals surface area contributed by atoms with E-state index in [0.717, 1.165) is 5.69 Å². The number of benzene rings is 1. The molecule has 9 nitrogen and oxygen atoms in total. The maximum Gasteiger partial charge on any atom is 0.410 e. The van der Waals surface area contributed by atoms with Crippen molar-refractivity contribution in [1.82, 2.24) is 19.5 Å². The number of ether oxygens (including phenoxy) is 1. The summed E-state index contributed by atoms with van der Waals surface area (Å²) in [5.74, 6) is -0.123. The molecule has 0 radical (unpaired) electrons. The molecule has 0 unspecified atom stereocenters. The second-order valence-electron chi connectivity index (χ2n) is 8.94. The fourth-order valence-electron chi connectivity index (χ4n) is 4.06. The molecule has 2 aromatic heterocycles. The molecule has 3 heterocycles. The number of piperidine rings is 1. The summed E-state index contributed by atoms with van der Waals surface area (Å²) >= 11 is 0. The Balaban J connectivity index is 1.67. The van der Waals surface area contributed by atoms with Crippen molar-refractivity contribution < 1.29 is 14.3 Å². The van der Waals surface area contributed by atoms with Crippen molar-refractivity contribution in [1.29, 1.82) is 0 Å². The Bertz CT molecular complexity index is 1210. The van der Waals surface area contributed by atoms with Gasteiger partial charge in [-0.1, -0.05) is 6.07 Å². The molecular weight excluding hydrogens is 398 g/mol.